The Bertz CT molecular complexity index is 308. The zero-order chi connectivity index (χ0) is 10.6. The fourth-order valence-electron chi connectivity index (χ4n) is 0.856. The third kappa shape index (κ3) is 2.67. The fraction of sp³-hybridized carbons (Fsp3) is 0.375. The molecule has 1 aromatic heterocycles. The number of hydrazine groups is 1. The number of nitrogen functional groups attached to an aromatic ring is 1. The van der Waals surface area contributed by atoms with Crippen molar-refractivity contribution in [1.29, 1.82) is 0 Å². The van der Waals surface area contributed by atoms with Gasteiger partial charge in [0, 0.05) is 6.04 Å². The Morgan fingerprint density at radius 2 is 2.14 bits per heavy atom. The van der Waals surface area contributed by atoms with Gasteiger partial charge >= 0.3 is 0 Å². The van der Waals surface area contributed by atoms with Crippen LogP contribution in [0.2, 0.25) is 0 Å². The van der Waals surface area contributed by atoms with Crippen molar-refractivity contribution < 1.29 is 4.79 Å². The molecule has 0 aromatic carbocycles. The lowest BCUT2D eigenvalue weighted by Gasteiger charge is -2.07. The predicted molar refractivity (Wildman–Crippen MR) is 52.4 cm³/mol. The third-order valence-corrected chi connectivity index (χ3v) is 1.45. The summed E-state index contributed by atoms with van der Waals surface area (Å²) in [6, 6.07) is 0.0802. The van der Waals surface area contributed by atoms with Crippen LogP contribution in [0, 0.1) is 0 Å². The van der Waals surface area contributed by atoms with Crippen molar-refractivity contribution in [1.82, 2.24) is 15.3 Å². The molecule has 0 radical (unpaired) electrons. The van der Waals surface area contributed by atoms with Crippen molar-refractivity contribution in [2.75, 3.05) is 5.43 Å². The molecule has 1 heterocycles. The summed E-state index contributed by atoms with van der Waals surface area (Å²) < 4.78 is 0. The monoisotopic (exact) mass is 195 g/mol. The van der Waals surface area contributed by atoms with Crippen molar-refractivity contribution in [2.45, 2.75) is 19.9 Å². The number of hydrogen-bond donors (Lipinski definition) is 3. The van der Waals surface area contributed by atoms with E-state index in [0.29, 0.717) is 5.82 Å². The van der Waals surface area contributed by atoms with Crippen molar-refractivity contribution >= 4 is 11.7 Å². The number of nitrogens with two attached hydrogens (primary N) is 1. The van der Waals surface area contributed by atoms with Crippen LogP contribution in [0.15, 0.2) is 12.4 Å². The van der Waals surface area contributed by atoms with Crippen LogP contribution in [0.1, 0.15) is 24.3 Å². The van der Waals surface area contributed by atoms with Crippen molar-refractivity contribution in [3.8, 4) is 0 Å². The Morgan fingerprint density at radius 3 is 2.57 bits per heavy atom. The van der Waals surface area contributed by atoms with Gasteiger partial charge in [0.1, 0.15) is 5.69 Å². The largest absolute Gasteiger partial charge is 0.348 e. The van der Waals surface area contributed by atoms with Crippen LogP contribution in [0.25, 0.3) is 0 Å². The Morgan fingerprint density at radius 1 is 1.43 bits per heavy atom. The Kier molecular flexibility index (Phi) is 3.35. The molecule has 0 saturated carbocycles. The molecule has 0 aliphatic heterocycles. The number of amides is 1. The van der Waals surface area contributed by atoms with Crippen LogP contribution in [-0.2, 0) is 0 Å². The second-order valence-corrected chi connectivity index (χ2v) is 3.06. The van der Waals surface area contributed by atoms with Crippen LogP contribution < -0.4 is 16.6 Å². The van der Waals surface area contributed by atoms with Crippen LogP contribution >= 0.6 is 0 Å². The summed E-state index contributed by atoms with van der Waals surface area (Å²) >= 11 is 0. The second kappa shape index (κ2) is 4.52. The topological polar surface area (TPSA) is 92.9 Å². The van der Waals surface area contributed by atoms with Crippen LogP contribution in [-0.4, -0.2) is 21.9 Å². The number of anilines is 1. The summed E-state index contributed by atoms with van der Waals surface area (Å²) in [7, 11) is 0. The van der Waals surface area contributed by atoms with Gasteiger partial charge in [-0.15, -0.1) is 0 Å². The molecule has 0 spiro atoms. The van der Waals surface area contributed by atoms with Gasteiger partial charge in [-0.3, -0.25) is 4.79 Å². The molecular weight excluding hydrogens is 182 g/mol. The maximum absolute atomic E-state index is 11.4. The summed E-state index contributed by atoms with van der Waals surface area (Å²) in [5.41, 5.74) is 2.60. The fourth-order valence-corrected chi connectivity index (χ4v) is 0.856. The normalized spacial score (nSPS) is 10.0. The van der Waals surface area contributed by atoms with Gasteiger partial charge in [-0.1, -0.05) is 0 Å². The first-order valence-electron chi connectivity index (χ1n) is 4.23. The Balaban J connectivity index is 2.71. The zero-order valence-corrected chi connectivity index (χ0v) is 8.11. The highest BCUT2D eigenvalue weighted by molar-refractivity contribution is 5.92. The standard InChI is InChI=1S/C8H13N5O/c1-5(2)12-8(14)6-3-11-7(13-9)4-10-6/h3-5H,9H2,1-2H3,(H,11,13)(H,12,14). The minimum Gasteiger partial charge on any atom is -0.348 e. The van der Waals surface area contributed by atoms with E-state index in [2.05, 4.69) is 20.7 Å². The van der Waals surface area contributed by atoms with Gasteiger partial charge in [-0.05, 0) is 13.8 Å². The molecule has 0 aliphatic rings. The van der Waals surface area contributed by atoms with E-state index in [1.165, 1.54) is 12.4 Å². The maximum atomic E-state index is 11.4. The molecule has 76 valence electrons. The molecule has 1 aromatic rings. The number of hydrogen-bond acceptors (Lipinski definition) is 5. The molecule has 14 heavy (non-hydrogen) atoms. The van der Waals surface area contributed by atoms with Gasteiger partial charge in [0.15, 0.2) is 5.82 Å². The van der Waals surface area contributed by atoms with Gasteiger partial charge < -0.3 is 10.7 Å². The quantitative estimate of drug-likeness (QED) is 0.462. The van der Waals surface area contributed by atoms with E-state index in [1.54, 1.807) is 0 Å². The van der Waals surface area contributed by atoms with Gasteiger partial charge in [-0.25, -0.2) is 15.8 Å². The Hall–Kier alpha value is -1.69. The first-order valence-corrected chi connectivity index (χ1v) is 4.23. The third-order valence-electron chi connectivity index (χ3n) is 1.45. The molecule has 0 atom stereocenters. The number of carbonyl (C=O) groups is 1. The molecule has 1 amide bonds. The van der Waals surface area contributed by atoms with Gasteiger partial charge in [0.25, 0.3) is 5.91 Å². The molecule has 0 bridgehead atoms. The van der Waals surface area contributed by atoms with E-state index in [1.807, 2.05) is 13.8 Å². The highest BCUT2D eigenvalue weighted by Gasteiger charge is 2.08. The highest BCUT2D eigenvalue weighted by atomic mass is 16.1. The van der Waals surface area contributed by atoms with Crippen molar-refractivity contribution in [3.63, 3.8) is 0 Å². The van der Waals surface area contributed by atoms with Crippen LogP contribution in [0.3, 0.4) is 0 Å². The van der Waals surface area contributed by atoms with E-state index in [0.717, 1.165) is 0 Å². The molecule has 6 nitrogen and oxygen atoms in total. The Labute approximate surface area is 81.9 Å². The zero-order valence-electron chi connectivity index (χ0n) is 8.11. The lowest BCUT2D eigenvalue weighted by Crippen LogP contribution is -2.30. The summed E-state index contributed by atoms with van der Waals surface area (Å²) in [6.07, 6.45) is 2.77. The van der Waals surface area contributed by atoms with Gasteiger partial charge in [0.05, 0.1) is 12.4 Å². The van der Waals surface area contributed by atoms with E-state index in [-0.39, 0.29) is 17.6 Å². The minimum atomic E-state index is -0.240. The van der Waals surface area contributed by atoms with Crippen molar-refractivity contribution in [3.05, 3.63) is 18.1 Å². The summed E-state index contributed by atoms with van der Waals surface area (Å²) in [6.45, 7) is 3.75. The first kappa shape index (κ1) is 10.4. The highest BCUT2D eigenvalue weighted by Crippen LogP contribution is 1.98. The number of carbonyl (C=O) groups excluding carboxylic acids is 1. The van der Waals surface area contributed by atoms with E-state index < -0.39 is 0 Å². The van der Waals surface area contributed by atoms with E-state index >= 15 is 0 Å². The molecule has 0 fully saturated rings. The molecule has 6 heteroatoms. The average molecular weight is 195 g/mol. The minimum absolute atomic E-state index is 0.0802. The predicted octanol–water partition coefficient (Wildman–Crippen LogP) is -0.0996. The smallest absolute Gasteiger partial charge is 0.271 e. The molecule has 1 rings (SSSR count). The number of aromatic nitrogens is 2. The number of rotatable bonds is 3. The van der Waals surface area contributed by atoms with Crippen LogP contribution in [0.5, 0.6) is 0 Å². The molecule has 4 N–H and O–H groups in total. The average Bonchev–Trinajstić information content (AvgIpc) is 2.17. The molecule has 0 aliphatic carbocycles. The summed E-state index contributed by atoms with van der Waals surface area (Å²) in [5.74, 6) is 5.29. The van der Waals surface area contributed by atoms with Gasteiger partial charge in [0.2, 0.25) is 0 Å². The second-order valence-electron chi connectivity index (χ2n) is 3.06. The summed E-state index contributed by atoms with van der Waals surface area (Å²) in [4.78, 5) is 19.1. The molecule has 0 saturated heterocycles. The van der Waals surface area contributed by atoms with Crippen molar-refractivity contribution in [2.24, 2.45) is 5.84 Å². The molecular formula is C8H13N5O. The van der Waals surface area contributed by atoms with E-state index in [9.17, 15) is 4.79 Å². The van der Waals surface area contributed by atoms with E-state index in [4.69, 9.17) is 5.84 Å². The number of nitrogens with zero attached hydrogens (tertiary/aromatic N) is 2. The van der Waals surface area contributed by atoms with Crippen LogP contribution in [0.4, 0.5) is 5.82 Å². The molecule has 0 unspecified atom stereocenters. The summed E-state index contributed by atoms with van der Waals surface area (Å²) in [5, 5.41) is 2.70. The first-order chi connectivity index (χ1) is 6.63. The van der Waals surface area contributed by atoms with Gasteiger partial charge in [-0.2, -0.15) is 0 Å². The maximum Gasteiger partial charge on any atom is 0.271 e. The SMILES string of the molecule is CC(C)NC(=O)c1cnc(NN)cn1. The lowest BCUT2D eigenvalue weighted by molar-refractivity contribution is 0.0937. The lowest BCUT2D eigenvalue weighted by atomic mass is 10.3. The number of nitrogens with one attached hydrogen (secondary N) is 2.